The Morgan fingerprint density at radius 2 is 1.64 bits per heavy atom. The predicted octanol–water partition coefficient (Wildman–Crippen LogP) is 6.74. The summed E-state index contributed by atoms with van der Waals surface area (Å²) in [7, 11) is 0. The minimum absolute atomic E-state index is 0.909. The van der Waals surface area contributed by atoms with Crippen LogP contribution in [0.5, 0.6) is 0 Å². The summed E-state index contributed by atoms with van der Waals surface area (Å²) in [6.45, 7) is 2.30. The highest BCUT2D eigenvalue weighted by Crippen LogP contribution is 2.34. The van der Waals surface area contributed by atoms with Gasteiger partial charge in [-0.3, -0.25) is 0 Å². The van der Waals surface area contributed by atoms with Crippen LogP contribution in [0.3, 0.4) is 0 Å². The molecule has 0 atom stereocenters. The Kier molecular flexibility index (Phi) is 7.83. The SMILES string of the molecule is CCCCCC1CCC(CCc2ccc(N=C=S)cc2)CC1. The number of rotatable bonds is 8. The van der Waals surface area contributed by atoms with Gasteiger partial charge in [0, 0.05) is 0 Å². The summed E-state index contributed by atoms with van der Waals surface area (Å²) in [5.74, 6) is 1.97. The molecule has 120 valence electrons. The van der Waals surface area contributed by atoms with Crippen molar-refractivity contribution >= 4 is 23.1 Å². The zero-order valence-corrected chi connectivity index (χ0v) is 14.7. The number of thiocarbonyl (C=S) groups is 1. The summed E-state index contributed by atoms with van der Waals surface area (Å²) in [5, 5.41) is 2.42. The minimum atomic E-state index is 0.909. The molecule has 0 heterocycles. The van der Waals surface area contributed by atoms with Crippen LogP contribution in [0.25, 0.3) is 0 Å². The van der Waals surface area contributed by atoms with Gasteiger partial charge in [-0.05, 0) is 54.6 Å². The minimum Gasteiger partial charge on any atom is -0.195 e. The largest absolute Gasteiger partial charge is 0.195 e. The van der Waals surface area contributed by atoms with E-state index >= 15 is 0 Å². The lowest BCUT2D eigenvalue weighted by Gasteiger charge is -2.28. The smallest absolute Gasteiger partial charge is 0.0739 e. The molecule has 1 saturated carbocycles. The van der Waals surface area contributed by atoms with Crippen molar-refractivity contribution in [2.24, 2.45) is 16.8 Å². The van der Waals surface area contributed by atoms with Crippen LogP contribution in [-0.4, -0.2) is 5.16 Å². The van der Waals surface area contributed by atoms with E-state index in [2.05, 4.69) is 41.4 Å². The van der Waals surface area contributed by atoms with Gasteiger partial charge < -0.3 is 0 Å². The molecule has 0 spiro atoms. The van der Waals surface area contributed by atoms with E-state index < -0.39 is 0 Å². The Bertz CT molecular complexity index is 465. The summed E-state index contributed by atoms with van der Waals surface area (Å²) >= 11 is 4.63. The highest BCUT2D eigenvalue weighted by Gasteiger charge is 2.20. The Hall–Kier alpha value is -0.980. The van der Waals surface area contributed by atoms with E-state index in [9.17, 15) is 0 Å². The van der Waals surface area contributed by atoms with E-state index in [1.807, 2.05) is 12.1 Å². The molecule has 0 bridgehead atoms. The average Bonchev–Trinajstić information content (AvgIpc) is 2.56. The fourth-order valence-electron chi connectivity index (χ4n) is 3.65. The quantitative estimate of drug-likeness (QED) is 0.294. The van der Waals surface area contributed by atoms with Gasteiger partial charge in [0.2, 0.25) is 0 Å². The molecule has 0 N–H and O–H groups in total. The van der Waals surface area contributed by atoms with Gasteiger partial charge in [0.25, 0.3) is 0 Å². The zero-order chi connectivity index (χ0) is 15.6. The molecule has 0 unspecified atom stereocenters. The van der Waals surface area contributed by atoms with Gasteiger partial charge in [-0.15, -0.1) is 0 Å². The van der Waals surface area contributed by atoms with Crippen LogP contribution >= 0.6 is 12.2 Å². The second-order valence-electron chi connectivity index (χ2n) is 6.79. The lowest BCUT2D eigenvalue weighted by Crippen LogP contribution is -2.15. The summed E-state index contributed by atoms with van der Waals surface area (Å²) in [5.41, 5.74) is 2.33. The summed E-state index contributed by atoms with van der Waals surface area (Å²) in [6.07, 6.45) is 14.1. The fraction of sp³-hybridized carbons (Fsp3) is 0.650. The van der Waals surface area contributed by atoms with Crippen molar-refractivity contribution in [3.05, 3.63) is 29.8 Å². The molecule has 22 heavy (non-hydrogen) atoms. The summed E-state index contributed by atoms with van der Waals surface area (Å²) < 4.78 is 0. The second kappa shape index (κ2) is 9.92. The Morgan fingerprint density at radius 3 is 2.23 bits per heavy atom. The van der Waals surface area contributed by atoms with E-state index in [0.717, 1.165) is 17.5 Å². The molecular weight excluding hydrogens is 286 g/mol. The lowest BCUT2D eigenvalue weighted by molar-refractivity contribution is 0.249. The molecule has 2 rings (SSSR count). The van der Waals surface area contributed by atoms with Gasteiger partial charge in [0.05, 0.1) is 10.8 Å². The molecule has 0 saturated heterocycles. The van der Waals surface area contributed by atoms with Crippen LogP contribution in [0.4, 0.5) is 5.69 Å². The normalized spacial score (nSPS) is 21.3. The van der Waals surface area contributed by atoms with Gasteiger partial charge in [0.15, 0.2) is 0 Å². The third-order valence-corrected chi connectivity index (χ3v) is 5.23. The highest BCUT2D eigenvalue weighted by atomic mass is 32.1. The first kappa shape index (κ1) is 17.4. The second-order valence-corrected chi connectivity index (χ2v) is 6.97. The third-order valence-electron chi connectivity index (χ3n) is 5.13. The molecule has 1 aliphatic rings. The molecule has 1 aromatic carbocycles. The maximum atomic E-state index is 4.63. The Labute approximate surface area is 141 Å². The molecule has 1 nitrogen and oxygen atoms in total. The first-order valence-electron chi connectivity index (χ1n) is 8.98. The molecule has 1 fully saturated rings. The molecule has 0 aromatic heterocycles. The standard InChI is InChI=1S/C20H29NS/c1-2-3-4-5-17-6-8-18(9-7-17)10-11-19-12-14-20(15-13-19)21-16-22/h12-15,17-18H,2-11H2,1H3. The van der Waals surface area contributed by atoms with Crippen molar-refractivity contribution in [1.82, 2.24) is 0 Å². The van der Waals surface area contributed by atoms with E-state index in [1.54, 1.807) is 0 Å². The van der Waals surface area contributed by atoms with Crippen molar-refractivity contribution < 1.29 is 0 Å². The molecule has 0 amide bonds. The van der Waals surface area contributed by atoms with Crippen LogP contribution < -0.4 is 0 Å². The number of isothiocyanates is 1. The predicted molar refractivity (Wildman–Crippen MR) is 99.0 cm³/mol. The van der Waals surface area contributed by atoms with Crippen LogP contribution in [0.1, 0.15) is 70.3 Å². The van der Waals surface area contributed by atoms with Gasteiger partial charge in [-0.25, -0.2) is 0 Å². The molecular formula is C20H29NS. The topological polar surface area (TPSA) is 12.4 Å². The van der Waals surface area contributed by atoms with Crippen LogP contribution in [-0.2, 0) is 6.42 Å². The number of benzene rings is 1. The monoisotopic (exact) mass is 315 g/mol. The maximum Gasteiger partial charge on any atom is 0.0739 e. The van der Waals surface area contributed by atoms with Crippen molar-refractivity contribution in [3.8, 4) is 0 Å². The van der Waals surface area contributed by atoms with Crippen molar-refractivity contribution in [2.75, 3.05) is 0 Å². The molecule has 0 radical (unpaired) electrons. The number of aryl methyl sites for hydroxylation is 1. The van der Waals surface area contributed by atoms with Gasteiger partial charge in [0.1, 0.15) is 0 Å². The third kappa shape index (κ3) is 6.02. The van der Waals surface area contributed by atoms with E-state index in [0.29, 0.717) is 0 Å². The molecule has 1 aliphatic carbocycles. The van der Waals surface area contributed by atoms with Crippen LogP contribution in [0.15, 0.2) is 29.3 Å². The number of aliphatic imine (C=N–C) groups is 1. The molecule has 0 aliphatic heterocycles. The molecule has 2 heteroatoms. The number of unbranched alkanes of at least 4 members (excludes halogenated alkanes) is 2. The first-order chi connectivity index (χ1) is 10.8. The summed E-state index contributed by atoms with van der Waals surface area (Å²) in [4.78, 5) is 4.00. The molecule has 1 aromatic rings. The van der Waals surface area contributed by atoms with Crippen molar-refractivity contribution in [1.29, 1.82) is 0 Å². The van der Waals surface area contributed by atoms with Gasteiger partial charge in [-0.1, -0.05) is 70.4 Å². The van der Waals surface area contributed by atoms with Gasteiger partial charge >= 0.3 is 0 Å². The Morgan fingerprint density at radius 1 is 1.00 bits per heavy atom. The first-order valence-corrected chi connectivity index (χ1v) is 9.39. The van der Waals surface area contributed by atoms with Crippen molar-refractivity contribution in [3.63, 3.8) is 0 Å². The average molecular weight is 316 g/mol. The van der Waals surface area contributed by atoms with Gasteiger partial charge in [-0.2, -0.15) is 4.99 Å². The van der Waals surface area contributed by atoms with Crippen LogP contribution in [0.2, 0.25) is 0 Å². The van der Waals surface area contributed by atoms with E-state index in [-0.39, 0.29) is 0 Å². The Balaban J connectivity index is 1.67. The maximum absolute atomic E-state index is 4.63. The number of hydrogen-bond acceptors (Lipinski definition) is 2. The fourth-order valence-corrected chi connectivity index (χ4v) is 3.76. The zero-order valence-electron chi connectivity index (χ0n) is 13.9. The van der Waals surface area contributed by atoms with Crippen LogP contribution in [0, 0.1) is 11.8 Å². The lowest BCUT2D eigenvalue weighted by atomic mass is 9.78. The van der Waals surface area contributed by atoms with E-state index in [1.165, 1.54) is 69.8 Å². The summed E-state index contributed by atoms with van der Waals surface area (Å²) in [6, 6.07) is 8.45. The highest BCUT2D eigenvalue weighted by molar-refractivity contribution is 7.78. The van der Waals surface area contributed by atoms with Crippen molar-refractivity contribution in [2.45, 2.75) is 71.1 Å². The number of nitrogens with zero attached hydrogens (tertiary/aromatic N) is 1. The van der Waals surface area contributed by atoms with E-state index in [4.69, 9.17) is 0 Å². The number of hydrogen-bond donors (Lipinski definition) is 0.